The monoisotopic (exact) mass is 278 g/mol. The lowest BCUT2D eigenvalue weighted by atomic mass is 10.1. The molecule has 0 aliphatic rings. The van der Waals surface area contributed by atoms with Crippen LogP contribution in [0.3, 0.4) is 0 Å². The summed E-state index contributed by atoms with van der Waals surface area (Å²) in [4.78, 5) is 8.17. The third-order valence-electron chi connectivity index (χ3n) is 2.68. The van der Waals surface area contributed by atoms with Gasteiger partial charge in [-0.15, -0.1) is 0 Å². The van der Waals surface area contributed by atoms with Crippen LogP contribution in [0.4, 0.5) is 5.95 Å². The summed E-state index contributed by atoms with van der Waals surface area (Å²) in [7, 11) is 0. The van der Waals surface area contributed by atoms with Crippen LogP contribution in [0, 0.1) is 20.8 Å². The smallest absolute Gasteiger partial charge is 0.240 e. The minimum Gasteiger partial charge on any atom is -0.439 e. The van der Waals surface area contributed by atoms with E-state index in [1.165, 1.54) is 0 Å². The number of benzene rings is 1. The average Bonchev–Trinajstić information content (AvgIpc) is 2.38. The van der Waals surface area contributed by atoms with E-state index in [0.29, 0.717) is 17.6 Å². The largest absolute Gasteiger partial charge is 0.439 e. The molecule has 1 heterocycles. The Morgan fingerprint density at radius 2 is 1.79 bits per heavy atom. The van der Waals surface area contributed by atoms with E-state index in [1.54, 1.807) is 6.20 Å². The third-order valence-corrected chi connectivity index (χ3v) is 3.28. The molecular weight excluding hydrogens is 264 g/mol. The number of nitrogen functional groups attached to an aromatic ring is 1. The molecule has 0 spiro atoms. The standard InChI is InChI=1S/C13H15ClN4O/c1-7-4-10(5-8(2)11(7)14)19-12-9(3)6-16-13(17-12)18-15/h4-6H,15H2,1-3H3,(H,16,17,18). The highest BCUT2D eigenvalue weighted by atomic mass is 35.5. The molecule has 6 heteroatoms. The van der Waals surface area contributed by atoms with Gasteiger partial charge >= 0.3 is 0 Å². The zero-order chi connectivity index (χ0) is 14.0. The highest BCUT2D eigenvalue weighted by molar-refractivity contribution is 6.32. The Morgan fingerprint density at radius 1 is 1.16 bits per heavy atom. The first-order chi connectivity index (χ1) is 9.01. The number of nitrogens with zero attached hydrogens (tertiary/aromatic N) is 2. The third kappa shape index (κ3) is 2.94. The van der Waals surface area contributed by atoms with Crippen molar-refractivity contribution in [3.8, 4) is 11.6 Å². The van der Waals surface area contributed by atoms with Crippen molar-refractivity contribution < 1.29 is 4.74 Å². The van der Waals surface area contributed by atoms with Crippen molar-refractivity contribution in [3.05, 3.63) is 40.0 Å². The van der Waals surface area contributed by atoms with Crippen LogP contribution in [0.1, 0.15) is 16.7 Å². The quantitative estimate of drug-likeness (QED) is 0.666. The van der Waals surface area contributed by atoms with Gasteiger partial charge in [-0.25, -0.2) is 10.8 Å². The number of aryl methyl sites for hydroxylation is 3. The Bertz CT molecular complexity index is 593. The Morgan fingerprint density at radius 3 is 2.37 bits per heavy atom. The molecule has 5 nitrogen and oxygen atoms in total. The number of nitrogens with one attached hydrogen (secondary N) is 1. The highest BCUT2D eigenvalue weighted by Gasteiger charge is 2.08. The van der Waals surface area contributed by atoms with E-state index in [9.17, 15) is 0 Å². The van der Waals surface area contributed by atoms with Crippen LogP contribution in [-0.2, 0) is 0 Å². The van der Waals surface area contributed by atoms with Gasteiger partial charge in [-0.05, 0) is 44.0 Å². The number of halogens is 1. The second-order valence-electron chi connectivity index (χ2n) is 4.30. The molecule has 0 unspecified atom stereocenters. The Labute approximate surface area is 116 Å². The number of nitrogens with two attached hydrogens (primary N) is 1. The van der Waals surface area contributed by atoms with Crippen molar-refractivity contribution in [2.24, 2.45) is 5.84 Å². The van der Waals surface area contributed by atoms with Crippen LogP contribution in [0.15, 0.2) is 18.3 Å². The highest BCUT2D eigenvalue weighted by Crippen LogP contribution is 2.29. The molecule has 100 valence electrons. The van der Waals surface area contributed by atoms with E-state index < -0.39 is 0 Å². The molecule has 1 aromatic carbocycles. The molecule has 2 aromatic rings. The summed E-state index contributed by atoms with van der Waals surface area (Å²) in [6.07, 6.45) is 1.65. The molecule has 19 heavy (non-hydrogen) atoms. The number of aromatic nitrogens is 2. The summed E-state index contributed by atoms with van der Waals surface area (Å²) in [5.41, 5.74) is 5.13. The molecule has 0 fully saturated rings. The second-order valence-corrected chi connectivity index (χ2v) is 4.68. The molecule has 0 aliphatic carbocycles. The number of anilines is 1. The lowest BCUT2D eigenvalue weighted by Crippen LogP contribution is -2.11. The zero-order valence-electron chi connectivity index (χ0n) is 11.0. The van der Waals surface area contributed by atoms with Crippen molar-refractivity contribution >= 4 is 17.5 Å². The van der Waals surface area contributed by atoms with Crippen LogP contribution in [0.5, 0.6) is 11.6 Å². The summed E-state index contributed by atoms with van der Waals surface area (Å²) in [5.74, 6) is 6.74. The summed E-state index contributed by atoms with van der Waals surface area (Å²) >= 11 is 6.12. The Balaban J connectivity index is 2.36. The van der Waals surface area contributed by atoms with E-state index in [2.05, 4.69) is 15.4 Å². The van der Waals surface area contributed by atoms with Gasteiger partial charge in [-0.3, -0.25) is 5.43 Å². The van der Waals surface area contributed by atoms with Crippen molar-refractivity contribution in [2.45, 2.75) is 20.8 Å². The Hall–Kier alpha value is -1.85. The van der Waals surface area contributed by atoms with Crippen LogP contribution in [-0.4, -0.2) is 9.97 Å². The molecule has 0 aliphatic heterocycles. The molecule has 3 N–H and O–H groups in total. The predicted molar refractivity (Wildman–Crippen MR) is 75.6 cm³/mol. The maximum Gasteiger partial charge on any atom is 0.240 e. The van der Waals surface area contributed by atoms with Gasteiger partial charge in [0.15, 0.2) is 0 Å². The first kappa shape index (κ1) is 13.6. The Kier molecular flexibility index (Phi) is 3.87. The molecule has 0 radical (unpaired) electrons. The summed E-state index contributed by atoms with van der Waals surface area (Å²) in [5, 5.41) is 0.746. The summed E-state index contributed by atoms with van der Waals surface area (Å²) in [6.45, 7) is 5.73. The minimum absolute atomic E-state index is 0.308. The van der Waals surface area contributed by atoms with Crippen molar-refractivity contribution in [1.82, 2.24) is 9.97 Å². The van der Waals surface area contributed by atoms with Gasteiger partial charge in [-0.2, -0.15) is 4.98 Å². The average molecular weight is 279 g/mol. The molecule has 0 bridgehead atoms. The summed E-state index contributed by atoms with van der Waals surface area (Å²) < 4.78 is 5.76. The van der Waals surface area contributed by atoms with E-state index in [4.69, 9.17) is 22.2 Å². The van der Waals surface area contributed by atoms with Crippen LogP contribution >= 0.6 is 11.6 Å². The fraction of sp³-hybridized carbons (Fsp3) is 0.231. The van der Waals surface area contributed by atoms with Gasteiger partial charge < -0.3 is 4.74 Å². The van der Waals surface area contributed by atoms with Crippen LogP contribution < -0.4 is 16.0 Å². The van der Waals surface area contributed by atoms with Gasteiger partial charge in [0, 0.05) is 16.8 Å². The number of hydrazine groups is 1. The van der Waals surface area contributed by atoms with E-state index in [1.807, 2.05) is 32.9 Å². The maximum atomic E-state index is 6.12. The molecule has 2 rings (SSSR count). The molecular formula is C13H15ClN4O. The zero-order valence-corrected chi connectivity index (χ0v) is 11.7. The van der Waals surface area contributed by atoms with Gasteiger partial charge in [-0.1, -0.05) is 11.6 Å². The molecule has 0 amide bonds. The number of rotatable bonds is 3. The van der Waals surface area contributed by atoms with Gasteiger partial charge in [0.2, 0.25) is 11.8 Å². The van der Waals surface area contributed by atoms with Gasteiger partial charge in [0.1, 0.15) is 5.75 Å². The normalized spacial score (nSPS) is 10.4. The van der Waals surface area contributed by atoms with Crippen molar-refractivity contribution in [1.29, 1.82) is 0 Å². The van der Waals surface area contributed by atoms with Crippen LogP contribution in [0.25, 0.3) is 0 Å². The second kappa shape index (κ2) is 5.42. The summed E-state index contributed by atoms with van der Waals surface area (Å²) in [6, 6.07) is 3.73. The van der Waals surface area contributed by atoms with E-state index in [0.717, 1.165) is 21.7 Å². The maximum absolute atomic E-state index is 6.12. The first-order valence-corrected chi connectivity index (χ1v) is 6.14. The van der Waals surface area contributed by atoms with Crippen molar-refractivity contribution in [2.75, 3.05) is 5.43 Å². The predicted octanol–water partition coefficient (Wildman–Crippen LogP) is 3.13. The van der Waals surface area contributed by atoms with Gasteiger partial charge in [0.25, 0.3) is 0 Å². The van der Waals surface area contributed by atoms with Crippen LogP contribution in [0.2, 0.25) is 5.02 Å². The molecule has 0 atom stereocenters. The van der Waals surface area contributed by atoms with E-state index >= 15 is 0 Å². The number of hydrogen-bond donors (Lipinski definition) is 2. The minimum atomic E-state index is 0.308. The molecule has 0 saturated carbocycles. The lowest BCUT2D eigenvalue weighted by molar-refractivity contribution is 0.457. The van der Waals surface area contributed by atoms with Crippen molar-refractivity contribution in [3.63, 3.8) is 0 Å². The molecule has 0 saturated heterocycles. The topological polar surface area (TPSA) is 73.1 Å². The van der Waals surface area contributed by atoms with E-state index in [-0.39, 0.29) is 0 Å². The number of ether oxygens (including phenoxy) is 1. The van der Waals surface area contributed by atoms with Gasteiger partial charge in [0.05, 0.1) is 0 Å². The first-order valence-electron chi connectivity index (χ1n) is 5.76. The fourth-order valence-corrected chi connectivity index (χ4v) is 1.79. The SMILES string of the molecule is Cc1cnc(NN)nc1Oc1cc(C)c(Cl)c(C)c1. The number of hydrogen-bond acceptors (Lipinski definition) is 5. The lowest BCUT2D eigenvalue weighted by Gasteiger charge is -2.11. The fourth-order valence-electron chi connectivity index (χ4n) is 1.68. The molecule has 1 aromatic heterocycles.